The van der Waals surface area contributed by atoms with Crippen molar-refractivity contribution in [1.82, 2.24) is 9.55 Å². The Hall–Kier alpha value is -1.32. The lowest BCUT2D eigenvalue weighted by molar-refractivity contribution is 0.0445. The molecule has 0 N–H and O–H groups in total. The van der Waals surface area contributed by atoms with Crippen LogP contribution in [0, 0.1) is 5.41 Å². The van der Waals surface area contributed by atoms with Crippen molar-refractivity contribution in [2.75, 3.05) is 0 Å². The zero-order valence-corrected chi connectivity index (χ0v) is 9.02. The molecule has 0 spiro atoms. The summed E-state index contributed by atoms with van der Waals surface area (Å²) in [7, 11) is 0. The standard InChI is InChI=1S/C10H16N2O2/c1-8(10(2,3)4)14-9(13)12-6-5-11-7-12/h5-8H,1-4H3. The van der Waals surface area contributed by atoms with E-state index in [0.717, 1.165) is 0 Å². The van der Waals surface area contributed by atoms with Gasteiger partial charge < -0.3 is 4.74 Å². The van der Waals surface area contributed by atoms with Gasteiger partial charge in [0.05, 0.1) is 0 Å². The second-order valence-corrected chi connectivity index (χ2v) is 4.36. The SMILES string of the molecule is CC(OC(=O)n1ccnc1)C(C)(C)C. The third-order valence-electron chi connectivity index (χ3n) is 2.21. The molecule has 0 aliphatic heterocycles. The smallest absolute Gasteiger partial charge is 0.419 e. The fourth-order valence-corrected chi connectivity index (χ4v) is 0.756. The molecule has 1 rings (SSSR count). The van der Waals surface area contributed by atoms with E-state index >= 15 is 0 Å². The first-order valence-electron chi connectivity index (χ1n) is 4.60. The second kappa shape index (κ2) is 3.82. The van der Waals surface area contributed by atoms with Gasteiger partial charge in [-0.25, -0.2) is 14.3 Å². The molecule has 0 radical (unpaired) electrons. The summed E-state index contributed by atoms with van der Waals surface area (Å²) in [5.74, 6) is 0. The predicted molar refractivity (Wildman–Crippen MR) is 53.0 cm³/mol. The molecule has 1 heterocycles. The second-order valence-electron chi connectivity index (χ2n) is 4.36. The van der Waals surface area contributed by atoms with E-state index < -0.39 is 0 Å². The van der Waals surface area contributed by atoms with Crippen molar-refractivity contribution in [3.8, 4) is 0 Å². The van der Waals surface area contributed by atoms with Crippen molar-refractivity contribution < 1.29 is 9.53 Å². The molecule has 0 aliphatic rings. The monoisotopic (exact) mass is 196 g/mol. The molecular weight excluding hydrogens is 180 g/mol. The summed E-state index contributed by atoms with van der Waals surface area (Å²) < 4.78 is 6.56. The maximum absolute atomic E-state index is 11.5. The van der Waals surface area contributed by atoms with Crippen LogP contribution in [0.4, 0.5) is 4.79 Å². The lowest BCUT2D eigenvalue weighted by Crippen LogP contribution is -2.30. The Balaban J connectivity index is 2.58. The zero-order chi connectivity index (χ0) is 10.8. The van der Waals surface area contributed by atoms with Crippen LogP contribution in [0.1, 0.15) is 27.7 Å². The summed E-state index contributed by atoms with van der Waals surface area (Å²) in [5.41, 5.74) is -0.0454. The molecule has 4 nitrogen and oxygen atoms in total. The predicted octanol–water partition coefficient (Wildman–Crippen LogP) is 2.30. The molecule has 0 bridgehead atoms. The van der Waals surface area contributed by atoms with E-state index in [2.05, 4.69) is 4.98 Å². The normalized spacial score (nSPS) is 13.7. The molecule has 1 aromatic heterocycles. The number of carbonyl (C=O) groups excluding carboxylic acids is 1. The minimum Gasteiger partial charge on any atom is -0.445 e. The Morgan fingerprint density at radius 3 is 2.57 bits per heavy atom. The van der Waals surface area contributed by atoms with Crippen molar-refractivity contribution in [3.63, 3.8) is 0 Å². The van der Waals surface area contributed by atoms with Crippen molar-refractivity contribution in [2.45, 2.75) is 33.8 Å². The van der Waals surface area contributed by atoms with Gasteiger partial charge in [0.1, 0.15) is 12.4 Å². The summed E-state index contributed by atoms with van der Waals surface area (Å²) in [6, 6.07) is 0. The molecule has 4 heteroatoms. The average molecular weight is 196 g/mol. The van der Waals surface area contributed by atoms with Crippen LogP contribution in [0.15, 0.2) is 18.7 Å². The van der Waals surface area contributed by atoms with E-state index in [-0.39, 0.29) is 17.6 Å². The Morgan fingerprint density at radius 1 is 1.50 bits per heavy atom. The van der Waals surface area contributed by atoms with Gasteiger partial charge in [0.15, 0.2) is 0 Å². The van der Waals surface area contributed by atoms with Crippen LogP contribution in [0.25, 0.3) is 0 Å². The first kappa shape index (κ1) is 10.8. The van der Waals surface area contributed by atoms with E-state index in [1.165, 1.54) is 10.9 Å². The molecule has 0 fully saturated rings. The number of carbonyl (C=O) groups is 1. The van der Waals surface area contributed by atoms with Crippen molar-refractivity contribution in [2.24, 2.45) is 5.41 Å². The Labute approximate surface area is 83.9 Å². The number of hydrogen-bond acceptors (Lipinski definition) is 3. The van der Waals surface area contributed by atoms with Gasteiger partial charge in [0.2, 0.25) is 0 Å². The number of rotatable bonds is 1. The molecule has 1 unspecified atom stereocenters. The molecule has 0 saturated heterocycles. The third-order valence-corrected chi connectivity index (χ3v) is 2.21. The van der Waals surface area contributed by atoms with E-state index in [1.807, 2.05) is 27.7 Å². The molecule has 78 valence electrons. The van der Waals surface area contributed by atoms with Gasteiger partial charge in [0.25, 0.3) is 0 Å². The largest absolute Gasteiger partial charge is 0.445 e. The van der Waals surface area contributed by atoms with E-state index in [4.69, 9.17) is 4.74 Å². The van der Waals surface area contributed by atoms with Crippen LogP contribution in [0.3, 0.4) is 0 Å². The van der Waals surface area contributed by atoms with Crippen molar-refractivity contribution in [3.05, 3.63) is 18.7 Å². The van der Waals surface area contributed by atoms with E-state index in [1.54, 1.807) is 12.4 Å². The minimum absolute atomic E-state index is 0.0454. The van der Waals surface area contributed by atoms with Crippen LogP contribution < -0.4 is 0 Å². The van der Waals surface area contributed by atoms with Gasteiger partial charge in [-0.1, -0.05) is 20.8 Å². The van der Waals surface area contributed by atoms with Gasteiger partial charge in [0, 0.05) is 12.4 Å². The van der Waals surface area contributed by atoms with Crippen LogP contribution >= 0.6 is 0 Å². The quantitative estimate of drug-likeness (QED) is 0.692. The van der Waals surface area contributed by atoms with Gasteiger partial charge in [-0.15, -0.1) is 0 Å². The Kier molecular flexibility index (Phi) is 2.93. The highest BCUT2D eigenvalue weighted by Crippen LogP contribution is 2.21. The molecule has 14 heavy (non-hydrogen) atoms. The average Bonchev–Trinajstić information content (AvgIpc) is 2.53. The number of hydrogen-bond donors (Lipinski definition) is 0. The van der Waals surface area contributed by atoms with Gasteiger partial charge in [-0.05, 0) is 12.3 Å². The summed E-state index contributed by atoms with van der Waals surface area (Å²) >= 11 is 0. The van der Waals surface area contributed by atoms with Crippen molar-refractivity contribution in [1.29, 1.82) is 0 Å². The lowest BCUT2D eigenvalue weighted by Gasteiger charge is -2.26. The lowest BCUT2D eigenvalue weighted by atomic mass is 9.90. The highest BCUT2D eigenvalue weighted by molar-refractivity contribution is 5.70. The number of aromatic nitrogens is 2. The molecule has 0 aromatic carbocycles. The van der Waals surface area contributed by atoms with E-state index in [9.17, 15) is 4.79 Å². The van der Waals surface area contributed by atoms with Crippen LogP contribution in [-0.2, 0) is 4.74 Å². The minimum atomic E-state index is -0.384. The first-order valence-corrected chi connectivity index (χ1v) is 4.60. The van der Waals surface area contributed by atoms with E-state index in [0.29, 0.717) is 0 Å². The summed E-state index contributed by atoms with van der Waals surface area (Å²) in [6.07, 6.45) is 4.03. The molecule has 1 atom stereocenters. The fourth-order valence-electron chi connectivity index (χ4n) is 0.756. The number of nitrogens with zero attached hydrogens (tertiary/aromatic N) is 2. The fraction of sp³-hybridized carbons (Fsp3) is 0.600. The molecule has 0 aliphatic carbocycles. The maximum atomic E-state index is 11.5. The first-order chi connectivity index (χ1) is 6.41. The highest BCUT2D eigenvalue weighted by atomic mass is 16.6. The highest BCUT2D eigenvalue weighted by Gasteiger charge is 2.24. The van der Waals surface area contributed by atoms with Crippen molar-refractivity contribution >= 4 is 6.09 Å². The van der Waals surface area contributed by atoms with Gasteiger partial charge in [-0.2, -0.15) is 0 Å². The van der Waals surface area contributed by atoms with Gasteiger partial charge in [-0.3, -0.25) is 0 Å². The summed E-state index contributed by atoms with van der Waals surface area (Å²) in [6.45, 7) is 7.96. The Bertz CT molecular complexity index is 298. The van der Waals surface area contributed by atoms with Gasteiger partial charge >= 0.3 is 6.09 Å². The maximum Gasteiger partial charge on any atom is 0.419 e. The molecule has 0 amide bonds. The van der Waals surface area contributed by atoms with Crippen LogP contribution in [0.5, 0.6) is 0 Å². The topological polar surface area (TPSA) is 44.1 Å². The molecular formula is C10H16N2O2. The summed E-state index contributed by atoms with van der Waals surface area (Å²) in [4.78, 5) is 15.2. The zero-order valence-electron chi connectivity index (χ0n) is 9.02. The Morgan fingerprint density at radius 2 is 2.14 bits per heavy atom. The van der Waals surface area contributed by atoms with Crippen LogP contribution in [-0.4, -0.2) is 21.7 Å². The number of ether oxygens (including phenoxy) is 1. The number of imidazole rings is 1. The third kappa shape index (κ3) is 2.58. The van der Waals surface area contributed by atoms with Crippen LogP contribution in [0.2, 0.25) is 0 Å². The molecule has 1 aromatic rings. The molecule has 0 saturated carbocycles. The summed E-state index contributed by atoms with van der Waals surface area (Å²) in [5, 5.41) is 0.